The second kappa shape index (κ2) is 4.38. The standard InChI is InChI=1S/C12H19N3O2/c1-12(4-5-13-8-12)11-14-10(15-17-11)9-3-2-6-16-7-9/h9,13H,2-8H2,1H3. The molecule has 2 saturated heterocycles. The molecule has 17 heavy (non-hydrogen) atoms. The molecule has 0 bridgehead atoms. The van der Waals surface area contributed by atoms with Gasteiger partial charge in [0.05, 0.1) is 12.0 Å². The molecule has 5 nitrogen and oxygen atoms in total. The number of hydrogen-bond donors (Lipinski definition) is 1. The molecule has 0 radical (unpaired) electrons. The molecule has 5 heteroatoms. The first-order valence-corrected chi connectivity index (χ1v) is 6.40. The zero-order valence-corrected chi connectivity index (χ0v) is 10.2. The van der Waals surface area contributed by atoms with E-state index in [-0.39, 0.29) is 5.41 Å². The van der Waals surface area contributed by atoms with Crippen LogP contribution in [0.1, 0.15) is 43.8 Å². The van der Waals surface area contributed by atoms with Crippen LogP contribution in [0.5, 0.6) is 0 Å². The van der Waals surface area contributed by atoms with Crippen LogP contribution in [0.4, 0.5) is 0 Å². The highest BCUT2D eigenvalue weighted by Crippen LogP contribution is 2.30. The molecule has 2 atom stereocenters. The van der Waals surface area contributed by atoms with E-state index in [9.17, 15) is 0 Å². The third kappa shape index (κ3) is 2.09. The quantitative estimate of drug-likeness (QED) is 0.838. The van der Waals surface area contributed by atoms with E-state index < -0.39 is 0 Å². The lowest BCUT2D eigenvalue weighted by Gasteiger charge is -2.19. The third-order valence-electron chi connectivity index (χ3n) is 3.85. The maximum atomic E-state index is 5.46. The van der Waals surface area contributed by atoms with E-state index in [1.54, 1.807) is 0 Å². The molecule has 0 aliphatic carbocycles. The van der Waals surface area contributed by atoms with Crippen molar-refractivity contribution in [3.8, 4) is 0 Å². The summed E-state index contributed by atoms with van der Waals surface area (Å²) < 4.78 is 10.9. The molecule has 1 aromatic heterocycles. The van der Waals surface area contributed by atoms with Crippen LogP contribution in [-0.2, 0) is 10.2 Å². The molecule has 3 heterocycles. The van der Waals surface area contributed by atoms with E-state index in [2.05, 4.69) is 22.4 Å². The van der Waals surface area contributed by atoms with Crippen LogP contribution in [0.2, 0.25) is 0 Å². The molecule has 0 saturated carbocycles. The minimum absolute atomic E-state index is 0.0147. The Bertz CT molecular complexity index is 379. The fraction of sp³-hybridized carbons (Fsp3) is 0.833. The topological polar surface area (TPSA) is 60.2 Å². The molecule has 2 fully saturated rings. The van der Waals surface area contributed by atoms with Gasteiger partial charge in [0.2, 0.25) is 5.89 Å². The summed E-state index contributed by atoms with van der Waals surface area (Å²) in [5.74, 6) is 1.93. The lowest BCUT2D eigenvalue weighted by molar-refractivity contribution is 0.0773. The van der Waals surface area contributed by atoms with Crippen LogP contribution in [0.15, 0.2) is 4.52 Å². The van der Waals surface area contributed by atoms with Crippen molar-refractivity contribution < 1.29 is 9.26 Å². The van der Waals surface area contributed by atoms with Gasteiger partial charge in [-0.2, -0.15) is 4.98 Å². The maximum Gasteiger partial charge on any atom is 0.233 e. The van der Waals surface area contributed by atoms with Gasteiger partial charge >= 0.3 is 0 Å². The van der Waals surface area contributed by atoms with E-state index in [4.69, 9.17) is 9.26 Å². The fourth-order valence-corrected chi connectivity index (χ4v) is 2.59. The molecule has 2 unspecified atom stereocenters. The number of hydrogen-bond acceptors (Lipinski definition) is 5. The second-order valence-electron chi connectivity index (χ2n) is 5.36. The van der Waals surface area contributed by atoms with Gasteiger partial charge < -0.3 is 14.6 Å². The Balaban J connectivity index is 1.77. The number of nitrogens with one attached hydrogen (secondary N) is 1. The van der Waals surface area contributed by atoms with Crippen molar-refractivity contribution in [2.45, 2.75) is 37.5 Å². The SMILES string of the molecule is CC1(c2nc(C3CCCOC3)no2)CCNC1. The van der Waals surface area contributed by atoms with Gasteiger partial charge in [-0.05, 0) is 32.7 Å². The molecule has 1 N–H and O–H groups in total. The molecule has 3 rings (SSSR count). The predicted octanol–water partition coefficient (Wildman–Crippen LogP) is 1.21. The smallest absolute Gasteiger partial charge is 0.233 e. The van der Waals surface area contributed by atoms with E-state index in [1.165, 1.54) is 0 Å². The van der Waals surface area contributed by atoms with Crippen molar-refractivity contribution in [3.63, 3.8) is 0 Å². The second-order valence-corrected chi connectivity index (χ2v) is 5.36. The Morgan fingerprint density at radius 1 is 1.47 bits per heavy atom. The van der Waals surface area contributed by atoms with Gasteiger partial charge in [0, 0.05) is 19.1 Å². The van der Waals surface area contributed by atoms with Crippen molar-refractivity contribution in [1.82, 2.24) is 15.5 Å². The van der Waals surface area contributed by atoms with Gasteiger partial charge in [-0.3, -0.25) is 0 Å². The van der Waals surface area contributed by atoms with Crippen LogP contribution >= 0.6 is 0 Å². The van der Waals surface area contributed by atoms with Gasteiger partial charge in [0.25, 0.3) is 0 Å². The monoisotopic (exact) mass is 237 g/mol. The maximum absolute atomic E-state index is 5.46. The largest absolute Gasteiger partial charge is 0.381 e. The summed E-state index contributed by atoms with van der Waals surface area (Å²) >= 11 is 0. The van der Waals surface area contributed by atoms with Crippen LogP contribution in [0, 0.1) is 0 Å². The summed E-state index contributed by atoms with van der Waals surface area (Å²) in [4.78, 5) is 4.59. The van der Waals surface area contributed by atoms with Gasteiger partial charge in [-0.15, -0.1) is 0 Å². The van der Waals surface area contributed by atoms with E-state index >= 15 is 0 Å². The first-order chi connectivity index (χ1) is 8.28. The molecular weight excluding hydrogens is 218 g/mol. The van der Waals surface area contributed by atoms with Crippen molar-refractivity contribution >= 4 is 0 Å². The summed E-state index contributed by atoms with van der Waals surface area (Å²) in [5.41, 5.74) is 0.0147. The summed E-state index contributed by atoms with van der Waals surface area (Å²) in [5, 5.41) is 7.48. The predicted molar refractivity (Wildman–Crippen MR) is 61.9 cm³/mol. The van der Waals surface area contributed by atoms with E-state index in [0.29, 0.717) is 5.92 Å². The van der Waals surface area contributed by atoms with Crippen LogP contribution < -0.4 is 5.32 Å². The lowest BCUT2D eigenvalue weighted by Crippen LogP contribution is -2.25. The zero-order chi connectivity index (χ0) is 11.7. The van der Waals surface area contributed by atoms with Crippen LogP contribution in [0.3, 0.4) is 0 Å². The minimum atomic E-state index is 0.0147. The van der Waals surface area contributed by atoms with E-state index in [1.807, 2.05) is 0 Å². The van der Waals surface area contributed by atoms with Crippen molar-refractivity contribution in [1.29, 1.82) is 0 Å². The first kappa shape index (κ1) is 11.2. The molecule has 0 aromatic carbocycles. The van der Waals surface area contributed by atoms with E-state index in [0.717, 1.165) is 57.3 Å². The number of aromatic nitrogens is 2. The summed E-state index contributed by atoms with van der Waals surface area (Å²) in [6.45, 7) is 5.73. The highest BCUT2D eigenvalue weighted by atomic mass is 16.5. The highest BCUT2D eigenvalue weighted by molar-refractivity contribution is 5.09. The molecule has 2 aliphatic rings. The van der Waals surface area contributed by atoms with Crippen molar-refractivity contribution in [2.24, 2.45) is 0 Å². The highest BCUT2D eigenvalue weighted by Gasteiger charge is 2.36. The Morgan fingerprint density at radius 3 is 3.12 bits per heavy atom. The summed E-state index contributed by atoms with van der Waals surface area (Å²) in [6.07, 6.45) is 3.26. The average Bonchev–Trinajstić information content (AvgIpc) is 2.99. The Kier molecular flexibility index (Phi) is 2.88. The number of nitrogens with zero attached hydrogens (tertiary/aromatic N) is 2. The molecular formula is C12H19N3O2. The normalized spacial score (nSPS) is 34.1. The van der Waals surface area contributed by atoms with Crippen LogP contribution in [-0.4, -0.2) is 36.4 Å². The average molecular weight is 237 g/mol. The molecule has 0 amide bonds. The Morgan fingerprint density at radius 2 is 2.41 bits per heavy atom. The van der Waals surface area contributed by atoms with Crippen LogP contribution in [0.25, 0.3) is 0 Å². The molecule has 1 aromatic rings. The first-order valence-electron chi connectivity index (χ1n) is 6.40. The summed E-state index contributed by atoms with van der Waals surface area (Å²) in [6, 6.07) is 0. The number of ether oxygens (including phenoxy) is 1. The number of rotatable bonds is 2. The molecule has 0 spiro atoms. The van der Waals surface area contributed by atoms with Gasteiger partial charge in [-0.1, -0.05) is 5.16 Å². The molecule has 94 valence electrons. The van der Waals surface area contributed by atoms with Gasteiger partial charge in [-0.25, -0.2) is 0 Å². The van der Waals surface area contributed by atoms with Crippen molar-refractivity contribution in [3.05, 3.63) is 11.7 Å². The summed E-state index contributed by atoms with van der Waals surface area (Å²) in [7, 11) is 0. The fourth-order valence-electron chi connectivity index (χ4n) is 2.59. The van der Waals surface area contributed by atoms with Gasteiger partial charge in [0.1, 0.15) is 0 Å². The zero-order valence-electron chi connectivity index (χ0n) is 10.2. The van der Waals surface area contributed by atoms with Gasteiger partial charge in [0.15, 0.2) is 5.82 Å². The minimum Gasteiger partial charge on any atom is -0.381 e. The molecule has 2 aliphatic heterocycles. The Hall–Kier alpha value is -0.940. The third-order valence-corrected chi connectivity index (χ3v) is 3.85. The Labute approximate surface area is 101 Å². The lowest BCUT2D eigenvalue weighted by atomic mass is 9.90. The van der Waals surface area contributed by atoms with Crippen molar-refractivity contribution in [2.75, 3.05) is 26.3 Å².